The molecule has 0 fully saturated rings. The maximum Gasteiger partial charge on any atom is 0.397 e. The monoisotopic (exact) mass is 899 g/mol. The molecule has 56 heavy (non-hydrogen) atoms. The minimum Gasteiger partial charge on any atom is -0.505 e. The first-order chi connectivity index (χ1) is 25.6. The molecule has 0 unspecified atom stereocenters. The van der Waals surface area contributed by atoms with E-state index in [0.29, 0.717) is 0 Å². The van der Waals surface area contributed by atoms with E-state index in [0.717, 1.165) is 73.2 Å². The van der Waals surface area contributed by atoms with Crippen molar-refractivity contribution in [2.75, 3.05) is 43.0 Å². The summed E-state index contributed by atoms with van der Waals surface area (Å²) in [6.45, 7) is -1.53. The number of phenolic OH excluding ortho intramolecular Hbond substituents is 1. The van der Waals surface area contributed by atoms with E-state index in [2.05, 4.69) is 28.8 Å². The number of fused-ring (bicyclic) bond motifs is 1. The van der Waals surface area contributed by atoms with Crippen molar-refractivity contribution < 1.29 is 73.1 Å². The molecule has 0 saturated heterocycles. The number of rotatable bonds is 16. The van der Waals surface area contributed by atoms with Crippen molar-refractivity contribution in [1.82, 2.24) is 0 Å². The summed E-state index contributed by atoms with van der Waals surface area (Å²) in [6.07, 6.45) is 1.48. The van der Waals surface area contributed by atoms with Gasteiger partial charge in [-0.05, 0) is 66.0 Å². The molecule has 5 N–H and O–H groups in total. The van der Waals surface area contributed by atoms with Crippen LogP contribution in [0.1, 0.15) is 0 Å². The Balaban J connectivity index is 1.76. The second kappa shape index (κ2) is 16.1. The molecule has 4 aromatic rings. The molecule has 0 atom stereocenters. The molecule has 22 nitrogen and oxygen atoms in total. The minimum atomic E-state index is -5.17. The number of anilines is 1. The number of sulfone groups is 3. The number of nitrogen functional groups attached to an aromatic ring is 1. The molecule has 0 bridgehead atoms. The smallest absolute Gasteiger partial charge is 0.397 e. The van der Waals surface area contributed by atoms with Crippen LogP contribution in [0.2, 0.25) is 0 Å². The van der Waals surface area contributed by atoms with Gasteiger partial charge in [0.25, 0.3) is 20.2 Å². The van der Waals surface area contributed by atoms with Gasteiger partial charge in [-0.15, -0.1) is 10.2 Å². The summed E-state index contributed by atoms with van der Waals surface area (Å²) in [5.41, 5.74) is 3.99. The zero-order chi connectivity index (χ0) is 42.1. The van der Waals surface area contributed by atoms with Gasteiger partial charge >= 0.3 is 10.4 Å². The normalized spacial score (nSPS) is 13.6. The highest BCUT2D eigenvalue weighted by molar-refractivity contribution is 7.92. The summed E-state index contributed by atoms with van der Waals surface area (Å²) in [7, 11) is -26.4. The average Bonchev–Trinajstić information content (AvgIpc) is 3.05. The molecule has 0 radical (unpaired) electrons. The van der Waals surface area contributed by atoms with E-state index in [9.17, 15) is 60.2 Å². The number of hydrogen-bond donors (Lipinski definition) is 4. The fraction of sp³-hybridized carbons (Fsp3) is 0.214. The minimum absolute atomic E-state index is 0.0755. The van der Waals surface area contributed by atoms with Gasteiger partial charge in [0.05, 0.1) is 68.1 Å². The SMILES string of the molecule is CS(=O)(=O)OCCS(=O)(=O)c1ccc(N=Nc2c(S(=O)(=O)O)cc3cc(S(C)(=O)=O)c(N=Nc4ccc(S(=O)(=O)CCOS(=O)(=O)O)cc4)c(O)c3c2N)cc1. The molecule has 0 amide bonds. The molecule has 0 aliphatic heterocycles. The van der Waals surface area contributed by atoms with Gasteiger partial charge in [0.1, 0.15) is 16.3 Å². The number of phenols is 1. The Bertz CT molecular complexity index is 2740. The van der Waals surface area contributed by atoms with E-state index >= 15 is 0 Å². The van der Waals surface area contributed by atoms with Crippen molar-refractivity contribution in [3.8, 4) is 5.75 Å². The number of nitrogens with two attached hydrogens (primary N) is 1. The van der Waals surface area contributed by atoms with Crippen LogP contribution in [-0.2, 0) is 68.5 Å². The van der Waals surface area contributed by atoms with Crippen molar-refractivity contribution >= 4 is 99.4 Å². The fourth-order valence-electron chi connectivity index (χ4n) is 4.63. The molecule has 0 saturated carbocycles. The largest absolute Gasteiger partial charge is 0.505 e. The van der Waals surface area contributed by atoms with Gasteiger partial charge in [0, 0.05) is 6.26 Å². The van der Waals surface area contributed by atoms with E-state index in [4.69, 9.17) is 10.3 Å². The summed E-state index contributed by atoms with van der Waals surface area (Å²) in [6, 6.07) is 10.4. The zero-order valence-corrected chi connectivity index (χ0v) is 33.4. The molecular formula is C28H29N5O17S6. The fourth-order valence-corrected chi connectivity index (χ4v) is 9.20. The molecule has 0 aliphatic rings. The highest BCUT2D eigenvalue weighted by Gasteiger charge is 2.27. The molecule has 4 rings (SSSR count). The first kappa shape index (κ1) is 44.2. The highest BCUT2D eigenvalue weighted by atomic mass is 32.3. The van der Waals surface area contributed by atoms with Crippen molar-refractivity contribution in [2.24, 2.45) is 20.5 Å². The first-order valence-corrected chi connectivity index (χ1v) is 24.7. The van der Waals surface area contributed by atoms with Crippen molar-refractivity contribution in [2.45, 2.75) is 19.6 Å². The Morgan fingerprint density at radius 3 is 1.45 bits per heavy atom. The third-order valence-corrected chi connectivity index (χ3v) is 13.6. The third kappa shape index (κ3) is 11.3. The van der Waals surface area contributed by atoms with E-state index in [1.165, 1.54) is 0 Å². The average molecular weight is 900 g/mol. The van der Waals surface area contributed by atoms with Crippen LogP contribution in [0.4, 0.5) is 28.4 Å². The van der Waals surface area contributed by atoms with Crippen LogP contribution in [0.15, 0.2) is 101 Å². The van der Waals surface area contributed by atoms with E-state index < -0.39 is 123 Å². The topological polar surface area (TPSA) is 359 Å². The van der Waals surface area contributed by atoms with Gasteiger partial charge in [-0.3, -0.25) is 13.3 Å². The van der Waals surface area contributed by atoms with Crippen molar-refractivity contribution in [3.63, 3.8) is 0 Å². The van der Waals surface area contributed by atoms with Crippen LogP contribution in [0.25, 0.3) is 10.8 Å². The Morgan fingerprint density at radius 1 is 0.607 bits per heavy atom. The van der Waals surface area contributed by atoms with Crippen LogP contribution in [0.5, 0.6) is 5.75 Å². The number of aromatic hydroxyl groups is 1. The van der Waals surface area contributed by atoms with E-state index in [1.807, 2.05) is 0 Å². The van der Waals surface area contributed by atoms with Gasteiger partial charge in [-0.25, -0.2) is 29.4 Å². The number of benzene rings is 4. The molecule has 304 valence electrons. The molecule has 0 heterocycles. The number of nitrogens with zero attached hydrogens (tertiary/aromatic N) is 4. The van der Waals surface area contributed by atoms with Crippen molar-refractivity contribution in [1.29, 1.82) is 0 Å². The molecular weight excluding hydrogens is 871 g/mol. The lowest BCUT2D eigenvalue weighted by molar-refractivity contribution is 0.284. The van der Waals surface area contributed by atoms with Crippen molar-refractivity contribution in [3.05, 3.63) is 60.7 Å². The molecule has 0 aromatic heterocycles. The lowest BCUT2D eigenvalue weighted by atomic mass is 10.1. The van der Waals surface area contributed by atoms with Crippen LogP contribution in [-0.4, -0.2) is 102 Å². The summed E-state index contributed by atoms with van der Waals surface area (Å²) in [5, 5.41) is 25.9. The Hall–Kier alpha value is -4.52. The van der Waals surface area contributed by atoms with Crippen LogP contribution in [0, 0.1) is 0 Å². The predicted molar refractivity (Wildman–Crippen MR) is 197 cm³/mol. The highest BCUT2D eigenvalue weighted by Crippen LogP contribution is 2.48. The van der Waals surface area contributed by atoms with Crippen LogP contribution >= 0.6 is 0 Å². The predicted octanol–water partition coefficient (Wildman–Crippen LogP) is 2.95. The molecule has 28 heteroatoms. The van der Waals surface area contributed by atoms with E-state index in [-0.39, 0.29) is 26.6 Å². The number of hydrogen-bond acceptors (Lipinski definition) is 20. The van der Waals surface area contributed by atoms with Crippen LogP contribution in [0.3, 0.4) is 0 Å². The summed E-state index contributed by atoms with van der Waals surface area (Å²) >= 11 is 0. The maximum atomic E-state index is 12.8. The Morgan fingerprint density at radius 2 is 1.04 bits per heavy atom. The molecule has 0 aliphatic carbocycles. The van der Waals surface area contributed by atoms with Gasteiger partial charge in [0.2, 0.25) is 0 Å². The number of azo groups is 2. The third-order valence-electron chi connectivity index (χ3n) is 7.15. The zero-order valence-electron chi connectivity index (χ0n) is 28.5. The standard InChI is InChI=1S/C28H29N5O17S6/c1-51(35,36)22-15-17-16-23(55(43,44)45)26(32-30-18-3-7-20(8-4-18)53(39,40)13-11-49-52(2,37)38)25(29)24(17)28(34)27(22)33-31-19-5-9-21(10-6-19)54(41,42)14-12-50-56(46,47)48/h3-10,15-16,34H,11-14,29H2,1-2H3,(H,43,44,45)(H,46,47,48). The molecule has 0 spiro atoms. The van der Waals surface area contributed by atoms with Gasteiger partial charge in [-0.2, -0.15) is 35.5 Å². The van der Waals surface area contributed by atoms with Gasteiger partial charge in [-0.1, -0.05) is 0 Å². The lowest BCUT2D eigenvalue weighted by Gasteiger charge is -2.14. The second-order valence-corrected chi connectivity index (χ2v) is 21.7. The van der Waals surface area contributed by atoms with E-state index in [1.54, 1.807) is 0 Å². The Labute approximate surface area is 320 Å². The quantitative estimate of drug-likeness (QED) is 0.0543. The lowest BCUT2D eigenvalue weighted by Crippen LogP contribution is -2.15. The second-order valence-electron chi connectivity index (χ2n) is 11.4. The summed E-state index contributed by atoms with van der Waals surface area (Å²) in [5.74, 6) is -2.47. The first-order valence-electron chi connectivity index (χ1n) is 14.8. The molecule has 4 aromatic carbocycles. The maximum absolute atomic E-state index is 12.8. The van der Waals surface area contributed by atoms with Gasteiger partial charge in [0.15, 0.2) is 35.3 Å². The van der Waals surface area contributed by atoms with Crippen LogP contribution < -0.4 is 5.73 Å². The van der Waals surface area contributed by atoms with Gasteiger partial charge < -0.3 is 10.8 Å². The summed E-state index contributed by atoms with van der Waals surface area (Å²) in [4.78, 5) is -2.22. The Kier molecular flexibility index (Phi) is 12.7. The summed E-state index contributed by atoms with van der Waals surface area (Å²) < 4.78 is 171.